The Kier molecular flexibility index (Phi) is 4.49. The minimum atomic E-state index is -0.197. The number of nitrogens with zero attached hydrogens (tertiary/aromatic N) is 3. The summed E-state index contributed by atoms with van der Waals surface area (Å²) in [6, 6.07) is 1.90. The number of aryl methyl sites for hydroxylation is 1. The molecule has 0 bridgehead atoms. The summed E-state index contributed by atoms with van der Waals surface area (Å²) in [4.78, 5) is 14.5. The summed E-state index contributed by atoms with van der Waals surface area (Å²) >= 11 is 0. The fourth-order valence-corrected chi connectivity index (χ4v) is 3.56. The monoisotopic (exact) mass is 307 g/mol. The van der Waals surface area contributed by atoms with Gasteiger partial charge in [-0.2, -0.15) is 5.10 Å². The predicted molar refractivity (Wildman–Crippen MR) is 81.4 cm³/mol. The van der Waals surface area contributed by atoms with Gasteiger partial charge in [-0.15, -0.1) is 0 Å². The molecule has 0 unspecified atom stereocenters. The topological polar surface area (TPSA) is 56.6 Å². The smallest absolute Gasteiger partial charge is 0.228 e. The summed E-state index contributed by atoms with van der Waals surface area (Å²) in [5, 5.41) is 4.29. The molecule has 2 aliphatic rings. The maximum absolute atomic E-state index is 12.5. The number of hydrogen-bond acceptors (Lipinski definition) is 4. The maximum Gasteiger partial charge on any atom is 0.228 e. The van der Waals surface area contributed by atoms with Crippen molar-refractivity contribution in [1.82, 2.24) is 14.7 Å². The highest BCUT2D eigenvalue weighted by molar-refractivity contribution is 5.78. The highest BCUT2D eigenvalue weighted by atomic mass is 16.6. The second-order valence-corrected chi connectivity index (χ2v) is 6.35. The Hall–Kier alpha value is -1.40. The van der Waals surface area contributed by atoms with E-state index in [4.69, 9.17) is 9.47 Å². The normalized spacial score (nSPS) is 28.5. The quantitative estimate of drug-likeness (QED) is 0.837. The molecule has 0 saturated carbocycles. The third-order valence-corrected chi connectivity index (χ3v) is 4.57. The van der Waals surface area contributed by atoms with E-state index < -0.39 is 0 Å². The Morgan fingerprint density at radius 1 is 1.59 bits per heavy atom. The van der Waals surface area contributed by atoms with Crippen LogP contribution in [0.5, 0.6) is 0 Å². The molecule has 1 amide bonds. The van der Waals surface area contributed by atoms with Crippen LogP contribution in [0, 0.1) is 0 Å². The number of amides is 1. The second kappa shape index (κ2) is 6.38. The largest absolute Gasteiger partial charge is 0.376 e. The minimum absolute atomic E-state index is 0.140. The molecule has 1 spiro atoms. The number of likely N-dealkylation sites (tertiary alicyclic amines) is 1. The van der Waals surface area contributed by atoms with Crippen molar-refractivity contribution in [2.75, 3.05) is 26.3 Å². The first-order chi connectivity index (χ1) is 10.6. The Balaban J connectivity index is 1.59. The van der Waals surface area contributed by atoms with Crippen LogP contribution < -0.4 is 0 Å². The Labute approximate surface area is 131 Å². The Morgan fingerprint density at radius 3 is 3.18 bits per heavy atom. The highest BCUT2D eigenvalue weighted by Gasteiger charge is 2.44. The molecule has 6 heteroatoms. The average molecular weight is 307 g/mol. The molecule has 2 fully saturated rings. The van der Waals surface area contributed by atoms with Crippen molar-refractivity contribution in [3.8, 4) is 0 Å². The minimum Gasteiger partial charge on any atom is -0.376 e. The number of piperidine rings is 1. The van der Waals surface area contributed by atoms with E-state index in [0.29, 0.717) is 26.2 Å². The summed E-state index contributed by atoms with van der Waals surface area (Å²) in [6.45, 7) is 4.87. The van der Waals surface area contributed by atoms with Gasteiger partial charge in [0.15, 0.2) is 0 Å². The molecular formula is C16H25N3O3. The SMILES string of the molecule is CCO[C@H]1CO[C@]2(CCCN(C(=O)Cc3ccn(C)n3)C2)C1. The first-order valence-corrected chi connectivity index (χ1v) is 8.12. The van der Waals surface area contributed by atoms with E-state index in [0.717, 1.165) is 31.5 Å². The summed E-state index contributed by atoms with van der Waals surface area (Å²) in [7, 11) is 1.87. The Bertz CT molecular complexity index is 530. The van der Waals surface area contributed by atoms with Gasteiger partial charge in [-0.25, -0.2) is 0 Å². The van der Waals surface area contributed by atoms with E-state index >= 15 is 0 Å². The molecule has 0 aliphatic carbocycles. The number of carbonyl (C=O) groups excluding carboxylic acids is 1. The van der Waals surface area contributed by atoms with Gasteiger partial charge in [0.25, 0.3) is 0 Å². The number of rotatable bonds is 4. The van der Waals surface area contributed by atoms with E-state index in [1.165, 1.54) is 0 Å². The lowest BCUT2D eigenvalue weighted by molar-refractivity contribution is -0.138. The van der Waals surface area contributed by atoms with Gasteiger partial charge in [-0.3, -0.25) is 9.48 Å². The zero-order valence-electron chi connectivity index (χ0n) is 13.5. The van der Waals surface area contributed by atoms with Crippen molar-refractivity contribution in [2.24, 2.45) is 7.05 Å². The number of aromatic nitrogens is 2. The molecule has 2 aliphatic heterocycles. The van der Waals surface area contributed by atoms with E-state index in [1.807, 2.05) is 31.1 Å². The average Bonchev–Trinajstić information content (AvgIpc) is 3.07. The third-order valence-electron chi connectivity index (χ3n) is 4.57. The van der Waals surface area contributed by atoms with Crippen molar-refractivity contribution in [3.05, 3.63) is 18.0 Å². The van der Waals surface area contributed by atoms with Crippen LogP contribution in [0.4, 0.5) is 0 Å². The molecule has 3 rings (SSSR count). The maximum atomic E-state index is 12.5. The fourth-order valence-electron chi connectivity index (χ4n) is 3.56. The van der Waals surface area contributed by atoms with Crippen LogP contribution in [0.25, 0.3) is 0 Å². The van der Waals surface area contributed by atoms with Gasteiger partial charge in [-0.05, 0) is 25.8 Å². The van der Waals surface area contributed by atoms with Gasteiger partial charge in [0.2, 0.25) is 5.91 Å². The van der Waals surface area contributed by atoms with E-state index in [2.05, 4.69) is 5.10 Å². The molecule has 0 N–H and O–H groups in total. The van der Waals surface area contributed by atoms with Crippen molar-refractivity contribution in [1.29, 1.82) is 0 Å². The summed E-state index contributed by atoms with van der Waals surface area (Å²) < 4.78 is 13.5. The zero-order chi connectivity index (χ0) is 15.6. The van der Waals surface area contributed by atoms with Crippen LogP contribution in [-0.4, -0.2) is 58.6 Å². The predicted octanol–water partition coefficient (Wildman–Crippen LogP) is 1.15. The van der Waals surface area contributed by atoms with Crippen molar-refractivity contribution >= 4 is 5.91 Å². The van der Waals surface area contributed by atoms with Crippen molar-refractivity contribution in [3.63, 3.8) is 0 Å². The molecule has 1 aromatic rings. The molecule has 6 nitrogen and oxygen atoms in total. The first-order valence-electron chi connectivity index (χ1n) is 8.12. The van der Waals surface area contributed by atoms with Crippen LogP contribution in [-0.2, 0) is 27.7 Å². The lowest BCUT2D eigenvalue weighted by atomic mass is 9.89. The number of ether oxygens (including phenoxy) is 2. The van der Waals surface area contributed by atoms with Gasteiger partial charge in [0.05, 0.1) is 30.4 Å². The standard InChI is InChI=1S/C16H25N3O3/c1-3-21-14-10-16(22-11-14)6-4-7-19(12-16)15(20)9-13-5-8-18(2)17-13/h5,8,14H,3-4,6-7,9-12H2,1-2H3/t14-,16-/m1/s1. The lowest BCUT2D eigenvalue weighted by Crippen LogP contribution is -2.50. The lowest BCUT2D eigenvalue weighted by Gasteiger charge is -2.39. The molecule has 0 aromatic carbocycles. The molecule has 2 saturated heterocycles. The molecule has 0 radical (unpaired) electrons. The van der Waals surface area contributed by atoms with Gasteiger partial charge < -0.3 is 14.4 Å². The summed E-state index contributed by atoms with van der Waals surface area (Å²) in [6.07, 6.45) is 5.32. The van der Waals surface area contributed by atoms with E-state index in [1.54, 1.807) is 4.68 Å². The molecular weight excluding hydrogens is 282 g/mol. The second-order valence-electron chi connectivity index (χ2n) is 6.35. The van der Waals surface area contributed by atoms with Crippen molar-refractivity contribution < 1.29 is 14.3 Å². The fraction of sp³-hybridized carbons (Fsp3) is 0.750. The van der Waals surface area contributed by atoms with E-state index in [9.17, 15) is 4.79 Å². The number of hydrogen-bond donors (Lipinski definition) is 0. The zero-order valence-corrected chi connectivity index (χ0v) is 13.5. The molecule has 2 atom stereocenters. The van der Waals surface area contributed by atoms with Crippen LogP contribution in [0.15, 0.2) is 12.3 Å². The Morgan fingerprint density at radius 2 is 2.45 bits per heavy atom. The van der Waals surface area contributed by atoms with Gasteiger partial charge in [-0.1, -0.05) is 0 Å². The van der Waals surface area contributed by atoms with Gasteiger partial charge in [0.1, 0.15) is 0 Å². The van der Waals surface area contributed by atoms with Gasteiger partial charge in [0, 0.05) is 39.4 Å². The summed E-state index contributed by atoms with van der Waals surface area (Å²) in [5.74, 6) is 0.140. The molecule has 122 valence electrons. The molecule has 1 aromatic heterocycles. The molecule has 22 heavy (non-hydrogen) atoms. The van der Waals surface area contributed by atoms with Crippen LogP contribution in [0.1, 0.15) is 31.9 Å². The van der Waals surface area contributed by atoms with Gasteiger partial charge >= 0.3 is 0 Å². The van der Waals surface area contributed by atoms with Crippen LogP contribution in [0.2, 0.25) is 0 Å². The third kappa shape index (κ3) is 3.33. The van der Waals surface area contributed by atoms with Crippen LogP contribution >= 0.6 is 0 Å². The molecule has 3 heterocycles. The summed E-state index contributed by atoms with van der Waals surface area (Å²) in [5.41, 5.74) is 0.629. The highest BCUT2D eigenvalue weighted by Crippen LogP contribution is 2.35. The van der Waals surface area contributed by atoms with E-state index in [-0.39, 0.29) is 17.6 Å². The van der Waals surface area contributed by atoms with Crippen molar-refractivity contribution in [2.45, 2.75) is 44.3 Å². The number of carbonyl (C=O) groups is 1. The first kappa shape index (κ1) is 15.5. The van der Waals surface area contributed by atoms with Crippen LogP contribution in [0.3, 0.4) is 0 Å².